The van der Waals surface area contributed by atoms with Crippen molar-refractivity contribution in [3.8, 4) is 11.3 Å². The van der Waals surface area contributed by atoms with Crippen LogP contribution in [0.25, 0.3) is 22.2 Å². The van der Waals surface area contributed by atoms with Crippen LogP contribution in [0.4, 0.5) is 5.95 Å². The molecule has 130 valence electrons. The second kappa shape index (κ2) is 6.84. The number of hydrogen-bond donors (Lipinski definition) is 3. The molecule has 3 N–H and O–H groups in total. The molecule has 0 spiro atoms. The first-order valence-corrected chi connectivity index (χ1v) is 9.10. The number of anilines is 1. The van der Waals surface area contributed by atoms with E-state index >= 15 is 0 Å². The third kappa shape index (κ3) is 3.37. The molecule has 1 aliphatic rings. The van der Waals surface area contributed by atoms with Crippen molar-refractivity contribution in [2.24, 2.45) is 5.92 Å². The van der Waals surface area contributed by atoms with E-state index < -0.39 is 0 Å². The Morgan fingerprint density at radius 1 is 1.16 bits per heavy atom. The van der Waals surface area contributed by atoms with Gasteiger partial charge in [0.1, 0.15) is 0 Å². The van der Waals surface area contributed by atoms with Crippen molar-refractivity contribution in [1.82, 2.24) is 20.3 Å². The van der Waals surface area contributed by atoms with E-state index in [1.807, 2.05) is 24.5 Å². The van der Waals surface area contributed by atoms with Crippen molar-refractivity contribution in [2.75, 3.05) is 11.9 Å². The van der Waals surface area contributed by atoms with E-state index in [0.717, 1.165) is 29.7 Å². The van der Waals surface area contributed by atoms with E-state index in [2.05, 4.69) is 52.6 Å². The fourth-order valence-electron chi connectivity index (χ4n) is 3.61. The molecule has 0 saturated carbocycles. The van der Waals surface area contributed by atoms with Crippen molar-refractivity contribution >= 4 is 16.9 Å². The number of aromatic amines is 1. The van der Waals surface area contributed by atoms with E-state index in [1.165, 1.54) is 11.8 Å². The Bertz CT molecular complexity index is 846. The molecule has 1 saturated heterocycles. The molecule has 5 heteroatoms. The highest BCUT2D eigenvalue weighted by atomic mass is 15.1. The van der Waals surface area contributed by atoms with Crippen molar-refractivity contribution in [2.45, 2.75) is 38.8 Å². The topological polar surface area (TPSA) is 65.6 Å². The second-order valence-corrected chi connectivity index (χ2v) is 7.19. The number of hydrogen-bond acceptors (Lipinski definition) is 4. The highest BCUT2D eigenvalue weighted by Gasteiger charge is 2.23. The van der Waals surface area contributed by atoms with Crippen LogP contribution in [-0.2, 0) is 0 Å². The monoisotopic (exact) mass is 335 g/mol. The van der Waals surface area contributed by atoms with Crippen molar-refractivity contribution < 1.29 is 0 Å². The van der Waals surface area contributed by atoms with Crippen LogP contribution in [0, 0.1) is 5.92 Å². The van der Waals surface area contributed by atoms with Gasteiger partial charge in [-0.3, -0.25) is 0 Å². The maximum absolute atomic E-state index is 4.74. The molecule has 0 aliphatic carbocycles. The zero-order valence-corrected chi connectivity index (χ0v) is 14.8. The Kier molecular flexibility index (Phi) is 4.40. The minimum atomic E-state index is 0.383. The van der Waals surface area contributed by atoms with E-state index in [1.54, 1.807) is 0 Å². The fraction of sp³-hybridized carbons (Fsp3) is 0.400. The molecule has 1 aliphatic heterocycles. The van der Waals surface area contributed by atoms with E-state index in [9.17, 15) is 0 Å². The molecular formula is C20H25N5. The highest BCUT2D eigenvalue weighted by Crippen LogP contribution is 2.27. The molecule has 2 atom stereocenters. The zero-order chi connectivity index (χ0) is 17.2. The molecule has 1 aromatic carbocycles. The normalized spacial score (nSPS) is 20.9. The standard InChI is InChI=1S/C20H25N5/c1-13(2)17-8-7-14(11-22-17)24-20-21-10-9-19(25-20)16-12-23-18-6-4-3-5-15(16)18/h3-6,9-10,12-14,17,22-23H,7-8,11H2,1-2H3,(H,21,24,25)/t14-,17-/m0/s1. The third-order valence-electron chi connectivity index (χ3n) is 5.11. The number of aromatic nitrogens is 3. The van der Waals surface area contributed by atoms with Crippen LogP contribution < -0.4 is 10.6 Å². The average Bonchev–Trinajstić information content (AvgIpc) is 3.06. The van der Waals surface area contributed by atoms with Crippen LogP contribution in [0.3, 0.4) is 0 Å². The largest absolute Gasteiger partial charge is 0.360 e. The minimum absolute atomic E-state index is 0.383. The Hall–Kier alpha value is -2.40. The molecule has 0 radical (unpaired) electrons. The number of nitrogens with one attached hydrogen (secondary N) is 3. The fourth-order valence-corrected chi connectivity index (χ4v) is 3.61. The quantitative estimate of drug-likeness (QED) is 0.678. The molecule has 1 fully saturated rings. The number of H-pyrrole nitrogens is 1. The molecule has 2 aromatic heterocycles. The van der Waals surface area contributed by atoms with E-state index in [4.69, 9.17) is 4.98 Å². The highest BCUT2D eigenvalue weighted by molar-refractivity contribution is 5.94. The van der Waals surface area contributed by atoms with Crippen molar-refractivity contribution in [3.63, 3.8) is 0 Å². The van der Waals surface area contributed by atoms with Crippen molar-refractivity contribution in [1.29, 1.82) is 0 Å². The predicted octanol–water partition coefficient (Wildman–Crippen LogP) is 3.81. The molecule has 3 aromatic rings. The zero-order valence-electron chi connectivity index (χ0n) is 14.8. The van der Waals surface area contributed by atoms with Gasteiger partial charge in [0.05, 0.1) is 5.69 Å². The van der Waals surface area contributed by atoms with Crippen LogP contribution in [0.1, 0.15) is 26.7 Å². The minimum Gasteiger partial charge on any atom is -0.360 e. The lowest BCUT2D eigenvalue weighted by molar-refractivity contribution is 0.311. The summed E-state index contributed by atoms with van der Waals surface area (Å²) < 4.78 is 0. The summed E-state index contributed by atoms with van der Waals surface area (Å²) in [5.41, 5.74) is 3.18. The van der Waals surface area contributed by atoms with Gasteiger partial charge in [0.15, 0.2) is 0 Å². The Balaban J connectivity index is 1.51. The molecule has 0 bridgehead atoms. The summed E-state index contributed by atoms with van der Waals surface area (Å²) in [5, 5.41) is 8.31. The lowest BCUT2D eigenvalue weighted by Crippen LogP contribution is -2.47. The maximum Gasteiger partial charge on any atom is 0.223 e. The first-order chi connectivity index (χ1) is 12.2. The van der Waals surface area contributed by atoms with Crippen LogP contribution in [0.5, 0.6) is 0 Å². The first kappa shape index (κ1) is 16.1. The smallest absolute Gasteiger partial charge is 0.223 e. The second-order valence-electron chi connectivity index (χ2n) is 7.19. The van der Waals surface area contributed by atoms with Gasteiger partial charge in [-0.2, -0.15) is 0 Å². The SMILES string of the molecule is CC(C)[C@@H]1CC[C@H](Nc2nccc(-c3c[nH]c4ccccc34)n2)CN1. The molecule has 0 unspecified atom stereocenters. The maximum atomic E-state index is 4.74. The lowest BCUT2D eigenvalue weighted by Gasteiger charge is -2.32. The van der Waals surface area contributed by atoms with E-state index in [0.29, 0.717) is 23.9 Å². The number of fused-ring (bicyclic) bond motifs is 1. The first-order valence-electron chi connectivity index (χ1n) is 9.10. The third-order valence-corrected chi connectivity index (χ3v) is 5.11. The summed E-state index contributed by atoms with van der Waals surface area (Å²) >= 11 is 0. The summed E-state index contributed by atoms with van der Waals surface area (Å²) in [7, 11) is 0. The van der Waals surface area contributed by atoms with Gasteiger partial charge in [0, 0.05) is 47.5 Å². The number of nitrogens with zero attached hydrogens (tertiary/aromatic N) is 2. The van der Waals surface area contributed by atoms with Gasteiger partial charge in [-0.15, -0.1) is 0 Å². The molecule has 4 rings (SSSR count). The molecule has 25 heavy (non-hydrogen) atoms. The molecule has 3 heterocycles. The van der Waals surface area contributed by atoms with Gasteiger partial charge in [-0.1, -0.05) is 32.0 Å². The van der Waals surface area contributed by atoms with E-state index in [-0.39, 0.29) is 0 Å². The summed E-state index contributed by atoms with van der Waals surface area (Å²) in [6, 6.07) is 11.3. The summed E-state index contributed by atoms with van der Waals surface area (Å²) in [6.07, 6.45) is 6.19. The molecule has 0 amide bonds. The Morgan fingerprint density at radius 3 is 2.84 bits per heavy atom. The van der Waals surface area contributed by atoms with Gasteiger partial charge < -0.3 is 15.6 Å². The molecular weight excluding hydrogens is 310 g/mol. The Labute approximate surface area is 148 Å². The summed E-state index contributed by atoms with van der Waals surface area (Å²) in [4.78, 5) is 12.5. The van der Waals surface area contributed by atoms with Crippen molar-refractivity contribution in [3.05, 3.63) is 42.7 Å². The summed E-state index contributed by atoms with van der Waals surface area (Å²) in [6.45, 7) is 5.52. The number of piperidine rings is 1. The molecule has 5 nitrogen and oxygen atoms in total. The number of para-hydroxylation sites is 1. The van der Waals surface area contributed by atoms with Crippen LogP contribution in [-0.4, -0.2) is 33.6 Å². The average molecular weight is 335 g/mol. The van der Waals surface area contributed by atoms with Gasteiger partial charge in [-0.25, -0.2) is 9.97 Å². The predicted molar refractivity (Wildman–Crippen MR) is 103 cm³/mol. The van der Waals surface area contributed by atoms with Crippen LogP contribution in [0.2, 0.25) is 0 Å². The lowest BCUT2D eigenvalue weighted by atomic mass is 9.93. The van der Waals surface area contributed by atoms with Gasteiger partial charge in [0.25, 0.3) is 0 Å². The van der Waals surface area contributed by atoms with Crippen LogP contribution in [0.15, 0.2) is 42.7 Å². The van der Waals surface area contributed by atoms with Crippen LogP contribution >= 0.6 is 0 Å². The van der Waals surface area contributed by atoms with Gasteiger partial charge >= 0.3 is 0 Å². The van der Waals surface area contributed by atoms with Gasteiger partial charge in [0.2, 0.25) is 5.95 Å². The Morgan fingerprint density at radius 2 is 2.04 bits per heavy atom. The number of benzene rings is 1. The van der Waals surface area contributed by atoms with Gasteiger partial charge in [-0.05, 0) is 30.9 Å². The summed E-state index contributed by atoms with van der Waals surface area (Å²) in [5.74, 6) is 1.39. The number of rotatable bonds is 4.